The van der Waals surface area contributed by atoms with Gasteiger partial charge in [-0.05, 0) is 69.1 Å². The normalized spacial score (nSPS) is 25.1. The number of piperidine rings is 1. The maximum atomic E-state index is 13.8. The van der Waals surface area contributed by atoms with Crippen LogP contribution in [-0.2, 0) is 19.6 Å². The van der Waals surface area contributed by atoms with Gasteiger partial charge in [0.1, 0.15) is 11.9 Å². The van der Waals surface area contributed by atoms with Crippen molar-refractivity contribution in [3.05, 3.63) is 29.6 Å². The minimum absolute atomic E-state index is 0.0174. The number of ether oxygens (including phenoxy) is 1. The highest BCUT2D eigenvalue weighted by atomic mass is 32.2. The lowest BCUT2D eigenvalue weighted by Gasteiger charge is -2.38. The molecule has 2 saturated heterocycles. The van der Waals surface area contributed by atoms with Crippen molar-refractivity contribution in [2.45, 2.75) is 62.0 Å². The predicted molar refractivity (Wildman–Crippen MR) is 102 cm³/mol. The number of rotatable bonds is 5. The topological polar surface area (TPSA) is 75.7 Å². The van der Waals surface area contributed by atoms with E-state index in [0.29, 0.717) is 43.8 Å². The first-order chi connectivity index (χ1) is 13.3. The van der Waals surface area contributed by atoms with Gasteiger partial charge in [0.15, 0.2) is 0 Å². The second-order valence-corrected chi connectivity index (χ2v) is 10.3. The Balaban J connectivity index is 1.36. The molecule has 8 heteroatoms. The number of sulfonamides is 1. The Morgan fingerprint density at radius 1 is 1.25 bits per heavy atom. The predicted octanol–water partition coefficient (Wildman–Crippen LogP) is 2.36. The van der Waals surface area contributed by atoms with Crippen molar-refractivity contribution in [3.63, 3.8) is 0 Å². The molecule has 154 valence electrons. The van der Waals surface area contributed by atoms with E-state index >= 15 is 0 Å². The maximum absolute atomic E-state index is 13.8. The highest BCUT2D eigenvalue weighted by molar-refractivity contribution is 7.89. The molecular formula is C20H27FN2O4S. The Morgan fingerprint density at radius 3 is 2.61 bits per heavy atom. The number of amides is 1. The lowest BCUT2D eigenvalue weighted by Crippen LogP contribution is -2.47. The highest BCUT2D eigenvalue weighted by Crippen LogP contribution is 2.40. The first-order valence-electron chi connectivity index (χ1n) is 10.0. The van der Waals surface area contributed by atoms with Gasteiger partial charge in [0.05, 0.1) is 10.5 Å². The average Bonchev–Trinajstić information content (AvgIpc) is 3.42. The number of halogens is 1. The number of benzene rings is 1. The Morgan fingerprint density at radius 2 is 1.96 bits per heavy atom. The van der Waals surface area contributed by atoms with E-state index in [4.69, 9.17) is 4.74 Å². The molecule has 3 fully saturated rings. The van der Waals surface area contributed by atoms with Crippen LogP contribution in [0.5, 0.6) is 0 Å². The van der Waals surface area contributed by atoms with E-state index in [0.717, 1.165) is 19.0 Å². The van der Waals surface area contributed by atoms with Crippen LogP contribution in [0, 0.1) is 18.7 Å². The van der Waals surface area contributed by atoms with Crippen molar-refractivity contribution < 1.29 is 22.3 Å². The molecule has 2 aliphatic heterocycles. The largest absolute Gasteiger partial charge is 0.362 e. The van der Waals surface area contributed by atoms with Gasteiger partial charge in [0.25, 0.3) is 0 Å². The molecule has 1 spiro atoms. The van der Waals surface area contributed by atoms with E-state index in [1.165, 1.54) is 29.3 Å². The molecule has 2 heterocycles. The van der Waals surface area contributed by atoms with Gasteiger partial charge in [-0.2, -0.15) is 4.31 Å². The van der Waals surface area contributed by atoms with Crippen LogP contribution in [0.15, 0.2) is 23.1 Å². The molecule has 1 saturated carbocycles. The van der Waals surface area contributed by atoms with Crippen molar-refractivity contribution in [2.75, 3.05) is 19.6 Å². The lowest BCUT2D eigenvalue weighted by molar-refractivity contribution is -0.139. The molecule has 0 radical (unpaired) electrons. The fourth-order valence-electron chi connectivity index (χ4n) is 4.06. The quantitative estimate of drug-likeness (QED) is 0.809. The van der Waals surface area contributed by atoms with Crippen LogP contribution in [0.2, 0.25) is 0 Å². The maximum Gasteiger partial charge on any atom is 0.249 e. The van der Waals surface area contributed by atoms with Crippen LogP contribution in [0.4, 0.5) is 4.39 Å². The smallest absolute Gasteiger partial charge is 0.249 e. The molecule has 1 N–H and O–H groups in total. The molecule has 0 bridgehead atoms. The number of nitrogens with zero attached hydrogens (tertiary/aromatic N) is 1. The van der Waals surface area contributed by atoms with Crippen LogP contribution < -0.4 is 5.32 Å². The zero-order valence-electron chi connectivity index (χ0n) is 16.1. The number of hydrogen-bond donors (Lipinski definition) is 1. The minimum atomic E-state index is -3.73. The lowest BCUT2D eigenvalue weighted by atomic mass is 9.89. The van der Waals surface area contributed by atoms with Crippen LogP contribution >= 0.6 is 0 Å². The third-order valence-electron chi connectivity index (χ3n) is 6.22. The van der Waals surface area contributed by atoms with Gasteiger partial charge in [-0.3, -0.25) is 4.79 Å². The van der Waals surface area contributed by atoms with E-state index in [1.807, 2.05) is 0 Å². The SMILES string of the molecule is Cc1ccc(S(=O)(=O)N2CCC3(CCC(C(=O)NCC4CC4)O3)CC2)cc1F. The summed E-state index contributed by atoms with van der Waals surface area (Å²) in [5.41, 5.74) is -0.00604. The van der Waals surface area contributed by atoms with Gasteiger partial charge in [-0.1, -0.05) is 6.07 Å². The van der Waals surface area contributed by atoms with Crippen molar-refractivity contribution in [1.82, 2.24) is 9.62 Å². The summed E-state index contributed by atoms with van der Waals surface area (Å²) in [4.78, 5) is 12.3. The van der Waals surface area contributed by atoms with E-state index in [-0.39, 0.29) is 10.8 Å². The van der Waals surface area contributed by atoms with Gasteiger partial charge in [0.2, 0.25) is 15.9 Å². The van der Waals surface area contributed by atoms with E-state index < -0.39 is 27.5 Å². The fourth-order valence-corrected chi connectivity index (χ4v) is 5.52. The second kappa shape index (κ2) is 7.39. The van der Waals surface area contributed by atoms with Crippen molar-refractivity contribution in [2.24, 2.45) is 5.92 Å². The molecule has 1 unspecified atom stereocenters. The highest BCUT2D eigenvalue weighted by Gasteiger charge is 2.46. The Kier molecular flexibility index (Phi) is 5.22. The number of carbonyl (C=O) groups is 1. The van der Waals surface area contributed by atoms with Crippen molar-refractivity contribution in [3.8, 4) is 0 Å². The average molecular weight is 411 g/mol. The summed E-state index contributed by atoms with van der Waals surface area (Å²) in [6, 6.07) is 4.02. The van der Waals surface area contributed by atoms with Crippen LogP contribution in [0.1, 0.15) is 44.1 Å². The van der Waals surface area contributed by atoms with Crippen molar-refractivity contribution >= 4 is 15.9 Å². The van der Waals surface area contributed by atoms with Crippen molar-refractivity contribution in [1.29, 1.82) is 0 Å². The summed E-state index contributed by atoms with van der Waals surface area (Å²) < 4.78 is 47.0. The molecule has 0 aromatic heterocycles. The zero-order valence-corrected chi connectivity index (χ0v) is 16.9. The molecule has 4 rings (SSSR count). The molecule has 3 aliphatic rings. The summed E-state index contributed by atoms with van der Waals surface area (Å²) in [6.07, 6.45) is 4.47. The Hall–Kier alpha value is -1.51. The fraction of sp³-hybridized carbons (Fsp3) is 0.650. The molecule has 1 amide bonds. The van der Waals surface area contributed by atoms with Gasteiger partial charge >= 0.3 is 0 Å². The van der Waals surface area contributed by atoms with Gasteiger partial charge in [0, 0.05) is 19.6 Å². The van der Waals surface area contributed by atoms with Crippen LogP contribution in [-0.4, -0.2) is 50.0 Å². The number of aryl methyl sites for hydroxylation is 1. The molecule has 28 heavy (non-hydrogen) atoms. The van der Waals surface area contributed by atoms with Gasteiger partial charge in [-0.25, -0.2) is 12.8 Å². The molecule has 1 aromatic carbocycles. The van der Waals surface area contributed by atoms with Crippen LogP contribution in [0.3, 0.4) is 0 Å². The van der Waals surface area contributed by atoms with E-state index in [1.54, 1.807) is 6.92 Å². The molecule has 1 aromatic rings. The standard InChI is InChI=1S/C20H27FN2O4S/c1-14-2-5-16(12-17(14)21)28(25,26)23-10-8-20(9-11-23)7-6-18(27-20)19(24)22-13-15-3-4-15/h2,5,12,15,18H,3-4,6-11,13H2,1H3,(H,22,24). The zero-order chi connectivity index (χ0) is 19.9. The summed E-state index contributed by atoms with van der Waals surface area (Å²) >= 11 is 0. The van der Waals surface area contributed by atoms with E-state index in [2.05, 4.69) is 5.32 Å². The monoisotopic (exact) mass is 410 g/mol. The molecule has 1 atom stereocenters. The summed E-state index contributed by atoms with van der Waals surface area (Å²) in [5.74, 6) is 0.0575. The minimum Gasteiger partial charge on any atom is -0.362 e. The van der Waals surface area contributed by atoms with Crippen LogP contribution in [0.25, 0.3) is 0 Å². The summed E-state index contributed by atoms with van der Waals surface area (Å²) in [6.45, 7) is 2.96. The molecular weight excluding hydrogens is 383 g/mol. The molecule has 1 aliphatic carbocycles. The van der Waals surface area contributed by atoms with Gasteiger partial charge < -0.3 is 10.1 Å². The van der Waals surface area contributed by atoms with Gasteiger partial charge in [-0.15, -0.1) is 0 Å². The Labute approximate surface area is 165 Å². The first-order valence-corrected chi connectivity index (χ1v) is 11.4. The molecule has 6 nitrogen and oxygen atoms in total. The second-order valence-electron chi connectivity index (χ2n) is 8.33. The number of hydrogen-bond acceptors (Lipinski definition) is 4. The number of nitrogens with one attached hydrogen (secondary N) is 1. The number of carbonyl (C=O) groups excluding carboxylic acids is 1. The first kappa shape index (κ1) is 19.8. The van der Waals surface area contributed by atoms with E-state index in [9.17, 15) is 17.6 Å². The summed E-state index contributed by atoms with van der Waals surface area (Å²) in [5, 5.41) is 2.97. The third kappa shape index (κ3) is 3.95. The summed E-state index contributed by atoms with van der Waals surface area (Å²) in [7, 11) is -3.73. The third-order valence-corrected chi connectivity index (χ3v) is 8.12. The Bertz CT molecular complexity index is 861.